The molecule has 0 fully saturated rings. The van der Waals surface area contributed by atoms with E-state index in [1.165, 1.54) is 0 Å². The minimum absolute atomic E-state index is 0.886. The predicted molar refractivity (Wildman–Crippen MR) is 86.4 cm³/mol. The van der Waals surface area contributed by atoms with E-state index in [0.717, 1.165) is 41.1 Å². The third kappa shape index (κ3) is 3.03. The van der Waals surface area contributed by atoms with Crippen LogP contribution >= 0.6 is 0 Å². The van der Waals surface area contributed by atoms with Gasteiger partial charge in [0.2, 0.25) is 0 Å². The van der Waals surface area contributed by atoms with Crippen molar-refractivity contribution in [1.29, 1.82) is 0 Å². The van der Waals surface area contributed by atoms with E-state index in [9.17, 15) is 0 Å². The van der Waals surface area contributed by atoms with Gasteiger partial charge in [0.05, 0.1) is 0 Å². The zero-order chi connectivity index (χ0) is 14.7. The molecule has 0 spiro atoms. The molecule has 0 aliphatic carbocycles. The van der Waals surface area contributed by atoms with Crippen molar-refractivity contribution in [1.82, 2.24) is 19.9 Å². The molecular weight excluding hydrogens is 262 g/mol. The number of anilines is 1. The predicted octanol–water partition coefficient (Wildman–Crippen LogP) is 2.60. The van der Waals surface area contributed by atoms with E-state index in [1.54, 1.807) is 0 Å². The van der Waals surface area contributed by atoms with Gasteiger partial charge in [0.1, 0.15) is 11.5 Å². The molecule has 21 heavy (non-hydrogen) atoms. The van der Waals surface area contributed by atoms with Crippen LogP contribution in [0.25, 0.3) is 22.2 Å². The first-order valence-electron chi connectivity index (χ1n) is 7.01. The lowest BCUT2D eigenvalue weighted by molar-refractivity contribution is 0.425. The van der Waals surface area contributed by atoms with E-state index in [0.29, 0.717) is 0 Å². The molecule has 3 aromatic rings. The van der Waals surface area contributed by atoms with Crippen molar-refractivity contribution in [2.24, 2.45) is 0 Å². The van der Waals surface area contributed by atoms with Crippen molar-refractivity contribution in [2.75, 3.05) is 32.5 Å². The number of H-pyrrole nitrogens is 1. The van der Waals surface area contributed by atoms with Crippen molar-refractivity contribution in [2.45, 2.75) is 0 Å². The van der Waals surface area contributed by atoms with Crippen molar-refractivity contribution in [3.8, 4) is 11.1 Å². The molecule has 3 heterocycles. The molecule has 0 radical (unpaired) electrons. The molecule has 0 aliphatic rings. The summed E-state index contributed by atoms with van der Waals surface area (Å²) in [6.45, 7) is 1.87. The van der Waals surface area contributed by atoms with Crippen molar-refractivity contribution in [3.63, 3.8) is 0 Å². The Morgan fingerprint density at radius 3 is 2.81 bits per heavy atom. The Morgan fingerprint density at radius 2 is 2.05 bits per heavy atom. The largest absolute Gasteiger partial charge is 0.369 e. The lowest BCUT2D eigenvalue weighted by Gasteiger charge is -2.11. The van der Waals surface area contributed by atoms with Crippen LogP contribution in [0.3, 0.4) is 0 Å². The number of hydrogen-bond acceptors (Lipinski definition) is 4. The van der Waals surface area contributed by atoms with Crippen LogP contribution in [0, 0.1) is 0 Å². The zero-order valence-electron chi connectivity index (χ0n) is 12.3. The number of pyridine rings is 2. The fourth-order valence-electron chi connectivity index (χ4n) is 2.28. The van der Waals surface area contributed by atoms with Gasteiger partial charge in [0.25, 0.3) is 0 Å². The van der Waals surface area contributed by atoms with E-state index in [1.807, 2.05) is 36.8 Å². The average Bonchev–Trinajstić information content (AvgIpc) is 2.96. The van der Waals surface area contributed by atoms with Crippen LogP contribution < -0.4 is 5.32 Å². The first-order chi connectivity index (χ1) is 10.2. The Labute approximate surface area is 124 Å². The molecular formula is C16H19N5. The quantitative estimate of drug-likeness (QED) is 0.755. The number of aromatic nitrogens is 3. The van der Waals surface area contributed by atoms with Crippen LogP contribution in [0.15, 0.2) is 42.9 Å². The van der Waals surface area contributed by atoms with Crippen molar-refractivity contribution < 1.29 is 0 Å². The molecule has 3 rings (SSSR count). The maximum absolute atomic E-state index is 4.48. The fraction of sp³-hybridized carbons (Fsp3) is 0.250. The Hall–Kier alpha value is -2.40. The number of rotatable bonds is 5. The molecule has 0 bridgehead atoms. The Balaban J connectivity index is 1.79. The number of fused-ring (bicyclic) bond motifs is 1. The number of nitrogens with one attached hydrogen (secondary N) is 2. The number of aromatic amines is 1. The summed E-state index contributed by atoms with van der Waals surface area (Å²) in [6, 6.07) is 8.17. The van der Waals surface area contributed by atoms with Gasteiger partial charge in [0, 0.05) is 42.6 Å². The Morgan fingerprint density at radius 1 is 1.14 bits per heavy atom. The summed E-state index contributed by atoms with van der Waals surface area (Å²) in [5.74, 6) is 0.903. The van der Waals surface area contributed by atoms with Gasteiger partial charge < -0.3 is 15.2 Å². The summed E-state index contributed by atoms with van der Waals surface area (Å²) < 4.78 is 0. The van der Waals surface area contributed by atoms with Gasteiger partial charge in [-0.2, -0.15) is 0 Å². The minimum Gasteiger partial charge on any atom is -0.369 e. The highest BCUT2D eigenvalue weighted by molar-refractivity contribution is 5.92. The highest BCUT2D eigenvalue weighted by atomic mass is 15.1. The van der Waals surface area contributed by atoms with E-state index in [-0.39, 0.29) is 0 Å². The highest BCUT2D eigenvalue weighted by Gasteiger charge is 2.05. The lowest BCUT2D eigenvalue weighted by atomic mass is 10.1. The highest BCUT2D eigenvalue weighted by Crippen LogP contribution is 2.26. The SMILES string of the molecule is CN(C)CCNc1ccc(-c2ccnc3[nH]ccc23)cn1. The topological polar surface area (TPSA) is 56.8 Å². The number of likely N-dealkylation sites (N-methyl/N-ethyl adjacent to an activating group) is 1. The van der Waals surface area contributed by atoms with Crippen LogP contribution in [0.2, 0.25) is 0 Å². The van der Waals surface area contributed by atoms with E-state index >= 15 is 0 Å². The van der Waals surface area contributed by atoms with Gasteiger partial charge in [0.15, 0.2) is 0 Å². The average molecular weight is 281 g/mol. The molecule has 0 saturated heterocycles. The molecule has 0 amide bonds. The number of nitrogens with zero attached hydrogens (tertiary/aromatic N) is 3. The van der Waals surface area contributed by atoms with Crippen LogP contribution in [0.1, 0.15) is 0 Å². The molecule has 5 nitrogen and oxygen atoms in total. The molecule has 0 saturated carbocycles. The van der Waals surface area contributed by atoms with Crippen LogP contribution in [-0.4, -0.2) is 47.0 Å². The lowest BCUT2D eigenvalue weighted by Crippen LogP contribution is -2.21. The summed E-state index contributed by atoms with van der Waals surface area (Å²) in [6.07, 6.45) is 5.63. The summed E-state index contributed by atoms with van der Waals surface area (Å²) in [5, 5.41) is 4.43. The van der Waals surface area contributed by atoms with Gasteiger partial charge in [-0.15, -0.1) is 0 Å². The second-order valence-electron chi connectivity index (χ2n) is 5.26. The minimum atomic E-state index is 0.886. The van der Waals surface area contributed by atoms with Crippen LogP contribution in [0.5, 0.6) is 0 Å². The second kappa shape index (κ2) is 5.93. The number of hydrogen-bond donors (Lipinski definition) is 2. The monoisotopic (exact) mass is 281 g/mol. The normalized spacial score (nSPS) is 11.2. The molecule has 0 unspecified atom stereocenters. The summed E-state index contributed by atoms with van der Waals surface area (Å²) in [5.41, 5.74) is 3.15. The van der Waals surface area contributed by atoms with E-state index in [2.05, 4.69) is 45.3 Å². The first-order valence-corrected chi connectivity index (χ1v) is 7.01. The zero-order valence-corrected chi connectivity index (χ0v) is 12.3. The molecule has 0 aliphatic heterocycles. The van der Waals surface area contributed by atoms with E-state index in [4.69, 9.17) is 0 Å². The molecule has 108 valence electrons. The van der Waals surface area contributed by atoms with Crippen LogP contribution in [0.4, 0.5) is 5.82 Å². The van der Waals surface area contributed by atoms with Gasteiger partial charge in [-0.25, -0.2) is 9.97 Å². The third-order valence-electron chi connectivity index (χ3n) is 3.40. The maximum Gasteiger partial charge on any atom is 0.137 e. The summed E-state index contributed by atoms with van der Waals surface area (Å²) in [7, 11) is 4.12. The third-order valence-corrected chi connectivity index (χ3v) is 3.40. The Bertz CT molecular complexity index is 715. The van der Waals surface area contributed by atoms with Gasteiger partial charge >= 0.3 is 0 Å². The van der Waals surface area contributed by atoms with Crippen LogP contribution in [-0.2, 0) is 0 Å². The first kappa shape index (κ1) is 13.6. The smallest absolute Gasteiger partial charge is 0.137 e. The summed E-state index contributed by atoms with van der Waals surface area (Å²) in [4.78, 5) is 14.1. The molecule has 0 aromatic carbocycles. The standard InChI is InChI=1S/C16H19N5/c1-21(2)10-9-17-15-4-3-12(11-20-15)13-5-7-18-16-14(13)6-8-19-16/h3-8,11H,9-10H2,1-2H3,(H,17,20)(H,18,19). The van der Waals surface area contributed by atoms with Gasteiger partial charge in [-0.05, 0) is 43.9 Å². The molecule has 2 N–H and O–H groups in total. The Kier molecular flexibility index (Phi) is 3.83. The van der Waals surface area contributed by atoms with Gasteiger partial charge in [-0.1, -0.05) is 0 Å². The fourth-order valence-corrected chi connectivity index (χ4v) is 2.28. The van der Waals surface area contributed by atoms with E-state index < -0.39 is 0 Å². The molecule has 5 heteroatoms. The second-order valence-corrected chi connectivity index (χ2v) is 5.26. The van der Waals surface area contributed by atoms with Crippen molar-refractivity contribution >= 4 is 16.9 Å². The maximum atomic E-state index is 4.48. The van der Waals surface area contributed by atoms with Gasteiger partial charge in [-0.3, -0.25) is 0 Å². The summed E-state index contributed by atoms with van der Waals surface area (Å²) >= 11 is 0. The van der Waals surface area contributed by atoms with Crippen molar-refractivity contribution in [3.05, 3.63) is 42.9 Å². The molecule has 0 atom stereocenters. The molecule has 3 aromatic heterocycles.